The van der Waals surface area contributed by atoms with Gasteiger partial charge in [0.25, 0.3) is 0 Å². The number of rotatable bonds is 7. The van der Waals surface area contributed by atoms with Crippen LogP contribution in [-0.4, -0.2) is 39.0 Å². The van der Waals surface area contributed by atoms with Gasteiger partial charge in [-0.25, -0.2) is 8.42 Å². The van der Waals surface area contributed by atoms with Crippen molar-refractivity contribution < 1.29 is 17.9 Å². The first-order valence-corrected chi connectivity index (χ1v) is 10.6. The molecule has 0 saturated heterocycles. The van der Waals surface area contributed by atoms with Gasteiger partial charge >= 0.3 is 0 Å². The fourth-order valence-corrected chi connectivity index (χ4v) is 4.21. The van der Waals surface area contributed by atoms with Crippen molar-refractivity contribution in [1.82, 2.24) is 5.32 Å². The van der Waals surface area contributed by atoms with Gasteiger partial charge in [-0.05, 0) is 44.4 Å². The number of benzene rings is 1. The summed E-state index contributed by atoms with van der Waals surface area (Å²) in [6, 6.07) is 8.00. The molecular weight excluding hydrogens is 338 g/mol. The lowest BCUT2D eigenvalue weighted by atomic mass is 9.69. The average Bonchev–Trinajstić information content (AvgIpc) is 2.60. The number of sulfone groups is 1. The summed E-state index contributed by atoms with van der Waals surface area (Å²) in [7, 11) is -1.73. The fourth-order valence-electron chi connectivity index (χ4n) is 3.41. The Balaban J connectivity index is 2.11. The topological polar surface area (TPSA) is 72.5 Å². The van der Waals surface area contributed by atoms with Crippen molar-refractivity contribution in [1.29, 1.82) is 0 Å². The summed E-state index contributed by atoms with van der Waals surface area (Å²) in [5.41, 5.74) is 1.06. The highest BCUT2D eigenvalue weighted by Gasteiger charge is 2.34. The van der Waals surface area contributed by atoms with Crippen LogP contribution in [0, 0.1) is 0 Å². The maximum Gasteiger partial charge on any atom is 0.235 e. The molecule has 1 amide bonds. The Morgan fingerprint density at radius 2 is 1.76 bits per heavy atom. The zero-order chi connectivity index (χ0) is 18.5. The number of carbonyl (C=O) groups is 1. The zero-order valence-electron chi connectivity index (χ0n) is 15.4. The zero-order valence-corrected chi connectivity index (χ0v) is 16.2. The van der Waals surface area contributed by atoms with Crippen LogP contribution in [0.2, 0.25) is 0 Å². The van der Waals surface area contributed by atoms with E-state index in [-0.39, 0.29) is 5.41 Å². The van der Waals surface area contributed by atoms with Crippen LogP contribution in [0.3, 0.4) is 0 Å². The first-order chi connectivity index (χ1) is 11.8. The van der Waals surface area contributed by atoms with Gasteiger partial charge in [-0.1, -0.05) is 31.4 Å². The molecule has 0 atom stereocenters. The molecule has 2 rings (SSSR count). The predicted octanol–water partition coefficient (Wildman–Crippen LogP) is 2.84. The third kappa shape index (κ3) is 4.97. The van der Waals surface area contributed by atoms with E-state index in [2.05, 4.69) is 17.4 Å². The van der Waals surface area contributed by atoms with Gasteiger partial charge in [0.2, 0.25) is 5.91 Å². The molecule has 0 spiro atoms. The van der Waals surface area contributed by atoms with E-state index in [1.54, 1.807) is 21.0 Å². The molecule has 0 unspecified atom stereocenters. The maximum absolute atomic E-state index is 12.2. The van der Waals surface area contributed by atoms with Crippen molar-refractivity contribution >= 4 is 15.7 Å². The minimum absolute atomic E-state index is 0.123. The van der Waals surface area contributed by atoms with Crippen LogP contribution < -0.4 is 10.1 Å². The Morgan fingerprint density at radius 3 is 2.28 bits per heavy atom. The minimum atomic E-state index is -3.37. The summed E-state index contributed by atoms with van der Waals surface area (Å²) < 4.78 is 29.1. The highest BCUT2D eigenvalue weighted by molar-refractivity contribution is 7.92. The van der Waals surface area contributed by atoms with E-state index in [1.165, 1.54) is 12.0 Å². The van der Waals surface area contributed by atoms with Gasteiger partial charge in [0, 0.05) is 12.0 Å². The van der Waals surface area contributed by atoms with Crippen LogP contribution >= 0.6 is 0 Å². The van der Waals surface area contributed by atoms with Crippen LogP contribution in [0.1, 0.15) is 51.5 Å². The molecule has 140 valence electrons. The summed E-state index contributed by atoms with van der Waals surface area (Å²) in [4.78, 5) is 12.2. The van der Waals surface area contributed by atoms with Gasteiger partial charge in [-0.3, -0.25) is 4.79 Å². The molecule has 0 radical (unpaired) electrons. The lowest BCUT2D eigenvalue weighted by Crippen LogP contribution is -2.44. The van der Waals surface area contributed by atoms with E-state index in [0.717, 1.165) is 31.4 Å². The molecule has 0 aliphatic heterocycles. The van der Waals surface area contributed by atoms with E-state index in [0.29, 0.717) is 6.54 Å². The van der Waals surface area contributed by atoms with Crippen LogP contribution in [0.25, 0.3) is 0 Å². The molecule has 5 nitrogen and oxygen atoms in total. The number of nitrogens with one attached hydrogen (secondary N) is 1. The number of hydrogen-bond acceptors (Lipinski definition) is 4. The molecule has 0 bridgehead atoms. The lowest BCUT2D eigenvalue weighted by molar-refractivity contribution is -0.119. The van der Waals surface area contributed by atoms with Gasteiger partial charge in [0.05, 0.1) is 12.4 Å². The first-order valence-electron chi connectivity index (χ1n) is 8.92. The van der Waals surface area contributed by atoms with E-state index >= 15 is 0 Å². The Hall–Kier alpha value is -1.56. The first kappa shape index (κ1) is 19.8. The summed E-state index contributed by atoms with van der Waals surface area (Å²) in [5, 5.41) is 2.34. The quantitative estimate of drug-likeness (QED) is 0.804. The summed E-state index contributed by atoms with van der Waals surface area (Å²) in [6.45, 7) is 3.68. The van der Waals surface area contributed by atoms with E-state index in [1.807, 2.05) is 12.1 Å². The van der Waals surface area contributed by atoms with Crippen molar-refractivity contribution in [2.75, 3.05) is 19.4 Å². The normalized spacial score (nSPS) is 17.3. The molecule has 1 aromatic carbocycles. The van der Waals surface area contributed by atoms with Crippen molar-refractivity contribution in [3.8, 4) is 5.75 Å². The summed E-state index contributed by atoms with van der Waals surface area (Å²) >= 11 is 0. The van der Waals surface area contributed by atoms with Crippen molar-refractivity contribution in [2.45, 2.75) is 56.6 Å². The lowest BCUT2D eigenvalue weighted by Gasteiger charge is -2.38. The Morgan fingerprint density at radius 1 is 1.16 bits per heavy atom. The summed E-state index contributed by atoms with van der Waals surface area (Å²) in [6.07, 6.45) is 5.43. The molecule has 25 heavy (non-hydrogen) atoms. The minimum Gasteiger partial charge on any atom is -0.497 e. The van der Waals surface area contributed by atoms with Crippen molar-refractivity contribution in [3.63, 3.8) is 0 Å². The molecule has 6 heteroatoms. The molecule has 1 aliphatic rings. The van der Waals surface area contributed by atoms with Crippen LogP contribution in [0.5, 0.6) is 5.75 Å². The van der Waals surface area contributed by atoms with Gasteiger partial charge in [-0.15, -0.1) is 0 Å². The molecule has 1 aliphatic carbocycles. The highest BCUT2D eigenvalue weighted by Crippen LogP contribution is 2.39. The number of methoxy groups -OCH3 is 1. The van der Waals surface area contributed by atoms with Crippen LogP contribution in [0.15, 0.2) is 24.3 Å². The largest absolute Gasteiger partial charge is 0.497 e. The van der Waals surface area contributed by atoms with E-state index < -0.39 is 26.7 Å². The number of carbonyl (C=O) groups excluding carboxylic acids is 1. The maximum atomic E-state index is 12.2. The fraction of sp³-hybridized carbons (Fsp3) is 0.632. The highest BCUT2D eigenvalue weighted by atomic mass is 32.2. The predicted molar refractivity (Wildman–Crippen MR) is 99.7 cm³/mol. The molecule has 0 heterocycles. The standard InChI is InChI=1S/C19H29NO4S/c1-15(2)25(22,23)13-18(21)20-14-19(11-5-4-6-12-19)16-7-9-17(24-3)10-8-16/h7-10,15H,4-6,11-14H2,1-3H3,(H,20,21). The second kappa shape index (κ2) is 8.21. The molecule has 1 fully saturated rings. The Bertz CT molecular complexity index is 674. The van der Waals surface area contributed by atoms with Gasteiger partial charge in [0.15, 0.2) is 9.84 Å². The molecule has 0 aromatic heterocycles. The van der Waals surface area contributed by atoms with E-state index in [4.69, 9.17) is 4.74 Å². The van der Waals surface area contributed by atoms with Gasteiger partial charge in [0.1, 0.15) is 11.5 Å². The molecule has 1 aromatic rings. The SMILES string of the molecule is COc1ccc(C2(CNC(=O)CS(=O)(=O)C(C)C)CCCCC2)cc1. The number of hydrogen-bond donors (Lipinski definition) is 1. The monoisotopic (exact) mass is 367 g/mol. The van der Waals surface area contributed by atoms with Crippen molar-refractivity contribution in [3.05, 3.63) is 29.8 Å². The Kier molecular flexibility index (Phi) is 6.49. The number of ether oxygens (including phenoxy) is 1. The third-order valence-electron chi connectivity index (χ3n) is 5.19. The average molecular weight is 368 g/mol. The molecular formula is C19H29NO4S. The second-order valence-corrected chi connectivity index (χ2v) is 9.76. The van der Waals surface area contributed by atoms with E-state index in [9.17, 15) is 13.2 Å². The molecule has 1 N–H and O–H groups in total. The van der Waals surface area contributed by atoms with Crippen molar-refractivity contribution in [2.24, 2.45) is 0 Å². The van der Waals surface area contributed by atoms with Crippen LogP contribution in [0.4, 0.5) is 0 Å². The third-order valence-corrected chi connectivity index (χ3v) is 7.29. The van der Waals surface area contributed by atoms with Gasteiger partial charge in [-0.2, -0.15) is 0 Å². The summed E-state index contributed by atoms with van der Waals surface area (Å²) in [5.74, 6) is -0.0440. The Labute approximate surface area is 151 Å². The second-order valence-electron chi connectivity index (χ2n) is 7.20. The number of amides is 1. The van der Waals surface area contributed by atoms with Gasteiger partial charge < -0.3 is 10.1 Å². The molecule has 1 saturated carbocycles. The van der Waals surface area contributed by atoms with Crippen LogP contribution in [-0.2, 0) is 20.0 Å². The smallest absolute Gasteiger partial charge is 0.235 e.